The highest BCUT2D eigenvalue weighted by molar-refractivity contribution is 7.99. The maximum Gasteiger partial charge on any atom is 0.332 e. The average molecular weight is 242 g/mol. The predicted molar refractivity (Wildman–Crippen MR) is 58.9 cm³/mol. The maximum absolute atomic E-state index is 11.6. The van der Waals surface area contributed by atoms with Crippen LogP contribution in [0.1, 0.15) is 6.42 Å². The van der Waals surface area contributed by atoms with Crippen LogP contribution < -0.4 is 11.1 Å². The number of aromatic amines is 1. The van der Waals surface area contributed by atoms with Crippen LogP contribution in [0, 0.1) is 0 Å². The summed E-state index contributed by atoms with van der Waals surface area (Å²) in [5, 5.41) is 11.5. The Morgan fingerprint density at radius 1 is 1.50 bits per heavy atom. The van der Waals surface area contributed by atoms with Crippen LogP contribution in [-0.2, 0) is 10.3 Å². The molecule has 86 valence electrons. The Balaban J connectivity index is 2.64. The number of rotatable bonds is 2. The van der Waals surface area contributed by atoms with Gasteiger partial charge in [-0.25, -0.2) is 9.48 Å². The van der Waals surface area contributed by atoms with Gasteiger partial charge in [-0.3, -0.25) is 14.7 Å². The van der Waals surface area contributed by atoms with Gasteiger partial charge in [0.2, 0.25) is 0 Å². The van der Waals surface area contributed by atoms with Gasteiger partial charge in [0.15, 0.2) is 5.54 Å². The Morgan fingerprint density at radius 3 is 2.81 bits per heavy atom. The van der Waals surface area contributed by atoms with Crippen LogP contribution in [0.2, 0.25) is 0 Å². The van der Waals surface area contributed by atoms with Crippen molar-refractivity contribution >= 4 is 17.7 Å². The van der Waals surface area contributed by atoms with Crippen molar-refractivity contribution in [2.45, 2.75) is 12.0 Å². The number of nitrogens with one attached hydrogen (secondary N) is 1. The highest BCUT2D eigenvalue weighted by atomic mass is 32.2. The number of hydrogen-bond acceptors (Lipinski definition) is 4. The van der Waals surface area contributed by atoms with Gasteiger partial charge in [0.1, 0.15) is 0 Å². The second kappa shape index (κ2) is 3.82. The molecule has 1 aromatic rings. The van der Waals surface area contributed by atoms with E-state index in [-0.39, 0.29) is 0 Å². The van der Waals surface area contributed by atoms with Gasteiger partial charge in [0, 0.05) is 17.9 Å². The number of carboxylic acid groups (broad SMARTS) is 1. The van der Waals surface area contributed by atoms with Crippen LogP contribution in [0.3, 0.4) is 0 Å². The summed E-state index contributed by atoms with van der Waals surface area (Å²) in [5.74, 6) is -0.126. The Labute approximate surface area is 94.3 Å². The van der Waals surface area contributed by atoms with E-state index in [1.807, 2.05) is 0 Å². The third-order valence-corrected chi connectivity index (χ3v) is 3.82. The first-order chi connectivity index (χ1) is 7.56. The van der Waals surface area contributed by atoms with Gasteiger partial charge < -0.3 is 5.11 Å². The van der Waals surface area contributed by atoms with Gasteiger partial charge in [0.05, 0.1) is 0 Å². The molecular weight excluding hydrogens is 232 g/mol. The standard InChI is InChI=1S/C9H10N2O4S/c12-6-1-2-7(13)11(10-6)9(8(14)15)3-4-16-5-9/h1-2H,3-5H2,(H,10,12)(H,14,15). The maximum atomic E-state index is 11.6. The number of hydrogen-bond donors (Lipinski definition) is 2. The molecule has 1 unspecified atom stereocenters. The van der Waals surface area contributed by atoms with Crippen molar-refractivity contribution in [1.29, 1.82) is 0 Å². The van der Waals surface area contributed by atoms with Crippen molar-refractivity contribution in [3.05, 3.63) is 32.8 Å². The fraction of sp³-hybridized carbons (Fsp3) is 0.444. The molecule has 2 heterocycles. The summed E-state index contributed by atoms with van der Waals surface area (Å²) >= 11 is 1.46. The molecule has 0 radical (unpaired) electrons. The summed E-state index contributed by atoms with van der Waals surface area (Å²) in [6, 6.07) is 2.18. The minimum Gasteiger partial charge on any atom is -0.479 e. The first kappa shape index (κ1) is 11.0. The quantitative estimate of drug-likeness (QED) is 0.726. The van der Waals surface area contributed by atoms with Crippen molar-refractivity contribution in [3.63, 3.8) is 0 Å². The van der Waals surface area contributed by atoms with Gasteiger partial charge in [-0.1, -0.05) is 0 Å². The van der Waals surface area contributed by atoms with E-state index in [0.29, 0.717) is 17.9 Å². The van der Waals surface area contributed by atoms with Crippen LogP contribution in [0.25, 0.3) is 0 Å². The van der Waals surface area contributed by atoms with Crippen LogP contribution in [-0.4, -0.2) is 32.4 Å². The molecule has 16 heavy (non-hydrogen) atoms. The van der Waals surface area contributed by atoms with E-state index in [9.17, 15) is 19.5 Å². The summed E-state index contributed by atoms with van der Waals surface area (Å²) < 4.78 is 0.942. The number of nitrogens with zero attached hydrogens (tertiary/aromatic N) is 1. The molecule has 6 nitrogen and oxygen atoms in total. The first-order valence-corrected chi connectivity index (χ1v) is 5.86. The Kier molecular flexibility index (Phi) is 2.63. The highest BCUT2D eigenvalue weighted by Crippen LogP contribution is 2.33. The topological polar surface area (TPSA) is 92.2 Å². The fourth-order valence-corrected chi connectivity index (χ4v) is 3.10. The zero-order valence-electron chi connectivity index (χ0n) is 8.30. The third-order valence-electron chi connectivity index (χ3n) is 2.65. The molecule has 2 N–H and O–H groups in total. The van der Waals surface area contributed by atoms with Crippen LogP contribution >= 0.6 is 11.8 Å². The molecule has 0 aromatic carbocycles. The molecule has 7 heteroatoms. The fourth-order valence-electron chi connectivity index (χ4n) is 1.74. The molecule has 1 atom stereocenters. The lowest BCUT2D eigenvalue weighted by atomic mass is 10.00. The smallest absolute Gasteiger partial charge is 0.332 e. The van der Waals surface area contributed by atoms with Gasteiger partial charge in [0.25, 0.3) is 11.1 Å². The molecule has 0 amide bonds. The van der Waals surface area contributed by atoms with Gasteiger partial charge in [-0.05, 0) is 12.2 Å². The summed E-state index contributed by atoms with van der Waals surface area (Å²) in [5.41, 5.74) is -2.27. The van der Waals surface area contributed by atoms with Crippen LogP contribution in [0.15, 0.2) is 21.7 Å². The lowest BCUT2D eigenvalue weighted by Crippen LogP contribution is -2.50. The molecule has 0 saturated carbocycles. The second-order valence-electron chi connectivity index (χ2n) is 3.62. The molecule has 1 aromatic heterocycles. The van der Waals surface area contributed by atoms with E-state index >= 15 is 0 Å². The zero-order chi connectivity index (χ0) is 11.8. The molecule has 1 saturated heterocycles. The van der Waals surface area contributed by atoms with E-state index in [4.69, 9.17) is 0 Å². The third kappa shape index (κ3) is 1.57. The molecular formula is C9H10N2O4S. The van der Waals surface area contributed by atoms with E-state index in [1.54, 1.807) is 0 Å². The van der Waals surface area contributed by atoms with Crippen molar-refractivity contribution in [3.8, 4) is 0 Å². The Bertz CT molecular complexity index is 527. The van der Waals surface area contributed by atoms with Crippen molar-refractivity contribution in [2.24, 2.45) is 0 Å². The SMILES string of the molecule is O=C(O)C1(n2[nH]c(=O)ccc2=O)CCSC1. The van der Waals surface area contributed by atoms with E-state index in [0.717, 1.165) is 16.8 Å². The summed E-state index contributed by atoms with van der Waals surface area (Å²) in [7, 11) is 0. The molecule has 0 aliphatic carbocycles. The lowest BCUT2D eigenvalue weighted by molar-refractivity contribution is -0.146. The summed E-state index contributed by atoms with van der Waals surface area (Å²) in [6.07, 6.45) is 0.340. The average Bonchev–Trinajstić information content (AvgIpc) is 2.71. The number of carbonyl (C=O) groups is 1. The number of H-pyrrole nitrogens is 1. The van der Waals surface area contributed by atoms with E-state index in [1.165, 1.54) is 11.8 Å². The molecule has 0 bridgehead atoms. The van der Waals surface area contributed by atoms with Gasteiger partial charge >= 0.3 is 5.97 Å². The summed E-state index contributed by atoms with van der Waals surface area (Å²) in [4.78, 5) is 34.0. The molecule has 1 fully saturated rings. The molecule has 2 rings (SSSR count). The minimum absolute atomic E-state index is 0.294. The van der Waals surface area contributed by atoms with Gasteiger partial charge in [-0.2, -0.15) is 11.8 Å². The largest absolute Gasteiger partial charge is 0.479 e. The monoisotopic (exact) mass is 242 g/mol. The molecule has 1 aliphatic heterocycles. The van der Waals surface area contributed by atoms with E-state index in [2.05, 4.69) is 5.10 Å². The highest BCUT2D eigenvalue weighted by Gasteiger charge is 2.45. The second-order valence-corrected chi connectivity index (χ2v) is 4.73. The van der Waals surface area contributed by atoms with Crippen molar-refractivity contribution in [1.82, 2.24) is 9.78 Å². The number of aromatic nitrogens is 2. The van der Waals surface area contributed by atoms with Crippen LogP contribution in [0.4, 0.5) is 0 Å². The Morgan fingerprint density at radius 2 is 2.25 bits per heavy atom. The Hall–Kier alpha value is -1.50. The summed E-state index contributed by atoms with van der Waals surface area (Å²) in [6.45, 7) is 0. The molecule has 0 spiro atoms. The first-order valence-electron chi connectivity index (χ1n) is 4.70. The number of aliphatic carboxylic acids is 1. The predicted octanol–water partition coefficient (Wildman–Crippen LogP) is -0.547. The minimum atomic E-state index is -1.30. The van der Waals surface area contributed by atoms with E-state index < -0.39 is 22.6 Å². The normalized spacial score (nSPS) is 24.5. The number of carboxylic acids is 1. The van der Waals surface area contributed by atoms with Gasteiger partial charge in [-0.15, -0.1) is 0 Å². The number of thioether (sulfide) groups is 1. The molecule has 1 aliphatic rings. The lowest BCUT2D eigenvalue weighted by Gasteiger charge is -2.24. The van der Waals surface area contributed by atoms with Crippen LogP contribution in [0.5, 0.6) is 0 Å². The van der Waals surface area contributed by atoms with Crippen molar-refractivity contribution < 1.29 is 9.90 Å². The zero-order valence-corrected chi connectivity index (χ0v) is 9.12. The van der Waals surface area contributed by atoms with Crippen molar-refractivity contribution in [2.75, 3.05) is 11.5 Å².